The molecule has 8 heteroatoms. The topological polar surface area (TPSA) is 74.3 Å². The molecule has 1 aliphatic rings. The lowest BCUT2D eigenvalue weighted by Gasteiger charge is -2.33. The van der Waals surface area contributed by atoms with Gasteiger partial charge in [-0.05, 0) is 54.3 Å². The van der Waals surface area contributed by atoms with Crippen LogP contribution in [-0.2, 0) is 26.6 Å². The molecule has 192 valence electrons. The third-order valence-electron chi connectivity index (χ3n) is 7.04. The highest BCUT2D eigenvalue weighted by Gasteiger charge is 2.29. The number of anilines is 2. The van der Waals surface area contributed by atoms with Crippen molar-refractivity contribution in [3.63, 3.8) is 0 Å². The van der Waals surface area contributed by atoms with E-state index in [0.717, 1.165) is 29.3 Å². The minimum atomic E-state index is -0.351. The summed E-state index contributed by atoms with van der Waals surface area (Å²) < 4.78 is 10.8. The van der Waals surface area contributed by atoms with Crippen LogP contribution in [0.4, 0.5) is 11.6 Å². The summed E-state index contributed by atoms with van der Waals surface area (Å²) in [7, 11) is 1.69. The van der Waals surface area contributed by atoms with Gasteiger partial charge in [0.1, 0.15) is 11.5 Å². The van der Waals surface area contributed by atoms with E-state index in [1.165, 1.54) is 9.13 Å². The van der Waals surface area contributed by atoms with Crippen molar-refractivity contribution in [2.24, 2.45) is 13.0 Å². The number of para-hydroxylation sites is 1. The summed E-state index contributed by atoms with van der Waals surface area (Å²) in [6.07, 6.45) is 0.600. The number of hydrogen-bond donors (Lipinski definition) is 0. The Kier molecular flexibility index (Phi) is 6.07. The first-order chi connectivity index (χ1) is 18.5. The van der Waals surface area contributed by atoms with Gasteiger partial charge in [-0.1, -0.05) is 55.5 Å². The smallest absolute Gasteiger partial charge is 0.332 e. The maximum Gasteiger partial charge on any atom is 0.332 e. The Hall–Kier alpha value is -4.59. The van der Waals surface area contributed by atoms with Gasteiger partial charge in [0.2, 0.25) is 5.95 Å². The third-order valence-corrected chi connectivity index (χ3v) is 7.04. The maximum absolute atomic E-state index is 13.7. The first kappa shape index (κ1) is 23.8. The molecule has 0 aliphatic carbocycles. The Labute approximate surface area is 220 Å². The van der Waals surface area contributed by atoms with E-state index in [1.54, 1.807) is 7.05 Å². The van der Waals surface area contributed by atoms with Gasteiger partial charge < -0.3 is 14.2 Å². The van der Waals surface area contributed by atoms with Crippen molar-refractivity contribution < 1.29 is 4.74 Å². The molecule has 0 amide bonds. The van der Waals surface area contributed by atoms with Gasteiger partial charge in [0.05, 0.1) is 0 Å². The summed E-state index contributed by atoms with van der Waals surface area (Å²) in [6.45, 7) is 3.88. The molecule has 5 aromatic rings. The number of fused-ring (bicyclic) bond motifs is 3. The van der Waals surface area contributed by atoms with Crippen molar-refractivity contribution >= 4 is 22.8 Å². The zero-order valence-electron chi connectivity index (χ0n) is 21.4. The first-order valence-corrected chi connectivity index (χ1v) is 12.8. The SMILES string of the molecule is CC1CN(c2ccc(Oc3ccccc3)cc2)c2nc3c(c(=O)n(CCc4ccccc4)c(=O)n3C)n2C1. The van der Waals surface area contributed by atoms with Crippen LogP contribution in [0.5, 0.6) is 11.5 Å². The van der Waals surface area contributed by atoms with Crippen LogP contribution in [0.15, 0.2) is 94.5 Å². The number of hydrogen-bond acceptors (Lipinski definition) is 5. The molecule has 3 aromatic carbocycles. The second-order valence-electron chi connectivity index (χ2n) is 9.85. The van der Waals surface area contributed by atoms with Gasteiger partial charge in [0.25, 0.3) is 5.56 Å². The zero-order chi connectivity index (χ0) is 26.2. The van der Waals surface area contributed by atoms with E-state index in [2.05, 4.69) is 11.8 Å². The molecule has 0 radical (unpaired) electrons. The monoisotopic (exact) mass is 507 g/mol. The Morgan fingerprint density at radius 2 is 1.53 bits per heavy atom. The fourth-order valence-electron chi connectivity index (χ4n) is 5.12. The van der Waals surface area contributed by atoms with E-state index in [0.29, 0.717) is 36.6 Å². The summed E-state index contributed by atoms with van der Waals surface area (Å²) in [5.74, 6) is 2.46. The van der Waals surface area contributed by atoms with Gasteiger partial charge in [-0.15, -0.1) is 0 Å². The van der Waals surface area contributed by atoms with E-state index in [9.17, 15) is 9.59 Å². The van der Waals surface area contributed by atoms with E-state index in [1.807, 2.05) is 89.5 Å². The number of ether oxygens (including phenoxy) is 1. The molecule has 8 nitrogen and oxygen atoms in total. The molecule has 1 unspecified atom stereocenters. The van der Waals surface area contributed by atoms with Crippen LogP contribution in [0.25, 0.3) is 11.2 Å². The van der Waals surface area contributed by atoms with Crippen LogP contribution in [0.3, 0.4) is 0 Å². The van der Waals surface area contributed by atoms with Crippen LogP contribution >= 0.6 is 0 Å². The lowest BCUT2D eigenvalue weighted by atomic mass is 10.1. The molecule has 6 rings (SSSR count). The van der Waals surface area contributed by atoms with Gasteiger partial charge in [0.15, 0.2) is 11.2 Å². The minimum Gasteiger partial charge on any atom is -0.457 e. The quantitative estimate of drug-likeness (QED) is 0.333. The Morgan fingerprint density at radius 3 is 2.24 bits per heavy atom. The molecule has 0 saturated carbocycles. The molecule has 38 heavy (non-hydrogen) atoms. The Balaban J connectivity index is 1.37. The van der Waals surface area contributed by atoms with E-state index in [4.69, 9.17) is 9.72 Å². The Morgan fingerprint density at radius 1 is 0.868 bits per heavy atom. The third kappa shape index (κ3) is 4.28. The van der Waals surface area contributed by atoms with Gasteiger partial charge in [-0.3, -0.25) is 13.9 Å². The standard InChI is InChI=1S/C30H29N5O3/c1-21-19-34(23-13-15-25(16-14-23)38-24-11-7-4-8-12-24)29-31-27-26(35(29)20-21)28(36)33(30(37)32(27)2)18-17-22-9-5-3-6-10-22/h3-16,21H,17-20H2,1-2H3. The first-order valence-electron chi connectivity index (χ1n) is 12.8. The van der Waals surface area contributed by atoms with Crippen molar-refractivity contribution in [3.05, 3.63) is 111 Å². The molecule has 3 heterocycles. The highest BCUT2D eigenvalue weighted by atomic mass is 16.5. The van der Waals surface area contributed by atoms with Gasteiger partial charge >= 0.3 is 5.69 Å². The van der Waals surface area contributed by atoms with Gasteiger partial charge in [-0.25, -0.2) is 4.79 Å². The highest BCUT2D eigenvalue weighted by molar-refractivity contribution is 5.77. The molecular formula is C30H29N5O3. The lowest BCUT2D eigenvalue weighted by molar-refractivity contribution is 0.457. The lowest BCUT2D eigenvalue weighted by Crippen LogP contribution is -2.40. The highest BCUT2D eigenvalue weighted by Crippen LogP contribution is 2.34. The molecule has 0 spiro atoms. The molecule has 1 aliphatic heterocycles. The summed E-state index contributed by atoms with van der Waals surface area (Å²) in [5, 5.41) is 0. The van der Waals surface area contributed by atoms with Gasteiger partial charge in [-0.2, -0.15) is 4.98 Å². The normalized spacial score (nSPS) is 15.0. The van der Waals surface area contributed by atoms with E-state index < -0.39 is 0 Å². The molecule has 0 saturated heterocycles. The predicted octanol–water partition coefficient (Wildman–Crippen LogP) is 4.72. The molecule has 0 N–H and O–H groups in total. The van der Waals surface area contributed by atoms with E-state index >= 15 is 0 Å². The van der Waals surface area contributed by atoms with Crippen LogP contribution in [0.2, 0.25) is 0 Å². The fourth-order valence-corrected chi connectivity index (χ4v) is 5.12. The average molecular weight is 508 g/mol. The number of aryl methyl sites for hydroxylation is 2. The second-order valence-corrected chi connectivity index (χ2v) is 9.85. The summed E-state index contributed by atoms with van der Waals surface area (Å²) in [4.78, 5) is 33.8. The molecule has 1 atom stereocenters. The van der Waals surface area contributed by atoms with Crippen LogP contribution in [0.1, 0.15) is 12.5 Å². The minimum absolute atomic E-state index is 0.273. The van der Waals surface area contributed by atoms with Crippen molar-refractivity contribution in [2.75, 3.05) is 11.4 Å². The number of benzene rings is 3. The number of rotatable bonds is 6. The summed E-state index contributed by atoms with van der Waals surface area (Å²) >= 11 is 0. The number of nitrogens with zero attached hydrogens (tertiary/aromatic N) is 5. The van der Waals surface area contributed by atoms with Crippen molar-refractivity contribution in [3.8, 4) is 11.5 Å². The van der Waals surface area contributed by atoms with Gasteiger partial charge in [0, 0.05) is 32.4 Å². The zero-order valence-corrected chi connectivity index (χ0v) is 21.4. The molecule has 2 aromatic heterocycles. The van der Waals surface area contributed by atoms with Crippen molar-refractivity contribution in [1.82, 2.24) is 18.7 Å². The largest absolute Gasteiger partial charge is 0.457 e. The summed E-state index contributed by atoms with van der Waals surface area (Å²) in [6, 6.07) is 27.4. The Bertz CT molecular complexity index is 1700. The fraction of sp³-hybridized carbons (Fsp3) is 0.233. The number of imidazole rings is 1. The van der Waals surface area contributed by atoms with Crippen LogP contribution in [-0.4, -0.2) is 25.2 Å². The molecule has 0 fully saturated rings. The maximum atomic E-state index is 13.7. The molecule has 0 bridgehead atoms. The molecular weight excluding hydrogens is 478 g/mol. The van der Waals surface area contributed by atoms with Crippen LogP contribution in [0, 0.1) is 5.92 Å². The number of aromatic nitrogens is 4. The predicted molar refractivity (Wildman–Crippen MR) is 149 cm³/mol. The average Bonchev–Trinajstić information content (AvgIpc) is 3.33. The van der Waals surface area contributed by atoms with Crippen molar-refractivity contribution in [2.45, 2.75) is 26.4 Å². The van der Waals surface area contributed by atoms with Crippen LogP contribution < -0.4 is 20.9 Å². The second kappa shape index (κ2) is 9.70. The summed E-state index contributed by atoms with van der Waals surface area (Å²) in [5.41, 5.74) is 2.26. The van der Waals surface area contributed by atoms with Crippen molar-refractivity contribution in [1.29, 1.82) is 0 Å². The van der Waals surface area contributed by atoms with E-state index in [-0.39, 0.29) is 17.2 Å².